The molecule has 0 saturated carbocycles. The van der Waals surface area contributed by atoms with Gasteiger partial charge in [0.1, 0.15) is 16.9 Å². The van der Waals surface area contributed by atoms with Gasteiger partial charge in [-0.15, -0.1) is 17.6 Å². The van der Waals surface area contributed by atoms with Crippen LogP contribution in [0.3, 0.4) is 0 Å². The maximum atomic E-state index is 8.79. The number of halogens is 1. The summed E-state index contributed by atoms with van der Waals surface area (Å²) in [5, 5.41) is 40.2. The van der Waals surface area contributed by atoms with E-state index in [1.54, 1.807) is 6.92 Å². The molecule has 0 aromatic heterocycles. The van der Waals surface area contributed by atoms with Crippen molar-refractivity contribution in [3.63, 3.8) is 0 Å². The minimum atomic E-state index is -1.21. The summed E-state index contributed by atoms with van der Waals surface area (Å²) in [7, 11) is 0. The summed E-state index contributed by atoms with van der Waals surface area (Å²) in [6, 6.07) is 0. The second-order valence-electron chi connectivity index (χ2n) is 4.83. The zero-order valence-corrected chi connectivity index (χ0v) is 12.5. The third kappa shape index (κ3) is 5.50. The molecule has 112 valence electrons. The predicted octanol–water partition coefficient (Wildman–Crippen LogP) is 2.19. The highest BCUT2D eigenvalue weighted by atomic mass is 35.5. The molecular weight excluding hydrogens is 272 g/mol. The van der Waals surface area contributed by atoms with Crippen LogP contribution >= 0.6 is 12.4 Å². The van der Waals surface area contributed by atoms with Crippen molar-refractivity contribution in [2.45, 2.75) is 51.6 Å². The molecule has 0 spiro atoms. The van der Waals surface area contributed by atoms with Gasteiger partial charge in [-0.25, -0.2) is 0 Å². The number of nitrogens with zero attached hydrogens (tertiary/aromatic N) is 3. The van der Waals surface area contributed by atoms with Crippen molar-refractivity contribution >= 4 is 24.1 Å². The Hall–Kier alpha value is -1.25. The molecule has 0 aliphatic carbocycles. The molecule has 0 radical (unpaired) electrons. The highest BCUT2D eigenvalue weighted by molar-refractivity contribution is 5.87. The molecule has 19 heavy (non-hydrogen) atoms. The van der Waals surface area contributed by atoms with E-state index in [0.29, 0.717) is 6.42 Å². The van der Waals surface area contributed by atoms with Crippen molar-refractivity contribution in [2.24, 2.45) is 16.0 Å². The Bertz CT molecular complexity index is 358. The van der Waals surface area contributed by atoms with Gasteiger partial charge in [0.15, 0.2) is 5.84 Å². The molecule has 0 fully saturated rings. The molecule has 0 aromatic rings. The Balaban J connectivity index is 0. The van der Waals surface area contributed by atoms with Crippen LogP contribution in [0, 0.1) is 10.8 Å². The highest BCUT2D eigenvalue weighted by Crippen LogP contribution is 2.21. The van der Waals surface area contributed by atoms with Crippen LogP contribution in [0.2, 0.25) is 0 Å². The summed E-state index contributed by atoms with van der Waals surface area (Å²) in [4.78, 5) is 0. The Morgan fingerprint density at radius 1 is 1.21 bits per heavy atom. The van der Waals surface area contributed by atoms with Gasteiger partial charge in [-0.2, -0.15) is 10.2 Å². The van der Waals surface area contributed by atoms with E-state index in [2.05, 4.69) is 10.2 Å². The van der Waals surface area contributed by atoms with Crippen LogP contribution in [0.1, 0.15) is 40.5 Å². The number of nitrogens with two attached hydrogens (primary N) is 1. The molecule has 0 aliphatic heterocycles. The first-order chi connectivity index (χ1) is 8.07. The van der Waals surface area contributed by atoms with Crippen molar-refractivity contribution < 1.29 is 10.4 Å². The van der Waals surface area contributed by atoms with Gasteiger partial charge in [0.2, 0.25) is 0 Å². The molecule has 1 unspecified atom stereocenters. The highest BCUT2D eigenvalue weighted by Gasteiger charge is 2.32. The van der Waals surface area contributed by atoms with Crippen LogP contribution in [0.25, 0.3) is 0 Å². The number of rotatable bonds is 6. The molecule has 0 aromatic carbocycles. The second-order valence-corrected chi connectivity index (χ2v) is 4.83. The summed E-state index contributed by atoms with van der Waals surface area (Å²) in [6.45, 7) is 6.63. The molecule has 9 heteroatoms. The summed E-state index contributed by atoms with van der Waals surface area (Å²) >= 11 is 0. The van der Waals surface area contributed by atoms with Crippen molar-refractivity contribution in [1.82, 2.24) is 5.23 Å². The lowest BCUT2D eigenvalue weighted by molar-refractivity contribution is -0.248. The molecule has 8 nitrogen and oxygen atoms in total. The fourth-order valence-electron chi connectivity index (χ4n) is 1.25. The van der Waals surface area contributed by atoms with Gasteiger partial charge in [0.05, 0.1) is 0 Å². The third-order valence-corrected chi connectivity index (χ3v) is 2.62. The first-order valence-electron chi connectivity index (χ1n) is 5.62. The van der Waals surface area contributed by atoms with E-state index in [4.69, 9.17) is 27.0 Å². The normalized spacial score (nSPS) is 14.6. The van der Waals surface area contributed by atoms with E-state index in [-0.39, 0.29) is 23.5 Å². The first kappa shape index (κ1) is 20.1. The van der Waals surface area contributed by atoms with Crippen LogP contribution in [0.5, 0.6) is 0 Å². The fourth-order valence-corrected chi connectivity index (χ4v) is 1.25. The van der Waals surface area contributed by atoms with Crippen LogP contribution in [0.15, 0.2) is 10.2 Å². The predicted molar refractivity (Wildman–Crippen MR) is 74.5 cm³/mol. The van der Waals surface area contributed by atoms with Crippen molar-refractivity contribution in [3.8, 4) is 0 Å². The average Bonchev–Trinajstić information content (AvgIpc) is 2.25. The third-order valence-electron chi connectivity index (χ3n) is 2.62. The average molecular weight is 295 g/mol. The molecular formula is C10H23ClN6O2. The zero-order valence-electron chi connectivity index (χ0n) is 11.6. The fraction of sp³-hybridized carbons (Fsp3) is 0.800. The van der Waals surface area contributed by atoms with E-state index in [1.807, 2.05) is 6.92 Å². The van der Waals surface area contributed by atoms with Gasteiger partial charge >= 0.3 is 0 Å². The Morgan fingerprint density at radius 3 is 2.00 bits per heavy atom. The smallest absolute Gasteiger partial charge is 0.181 e. The Kier molecular flexibility index (Phi) is 7.78. The zero-order chi connectivity index (χ0) is 14.6. The number of nitrogens with one attached hydrogen (secondary N) is 2. The summed E-state index contributed by atoms with van der Waals surface area (Å²) in [6.07, 6.45) is 1.33. The number of hydroxylamine groups is 2. The molecule has 0 aliphatic rings. The molecule has 0 amide bonds. The number of amidine groups is 2. The quantitative estimate of drug-likeness (QED) is 0.221. The first-order valence-corrected chi connectivity index (χ1v) is 5.62. The molecule has 0 heterocycles. The van der Waals surface area contributed by atoms with Gasteiger partial charge in [-0.1, -0.05) is 13.3 Å². The minimum Gasteiger partial charge on any atom is -0.386 e. The van der Waals surface area contributed by atoms with E-state index < -0.39 is 16.9 Å². The van der Waals surface area contributed by atoms with Crippen LogP contribution < -0.4 is 5.73 Å². The van der Waals surface area contributed by atoms with Crippen molar-refractivity contribution in [2.75, 3.05) is 0 Å². The van der Waals surface area contributed by atoms with Gasteiger partial charge in [-0.05, 0) is 27.2 Å². The van der Waals surface area contributed by atoms with E-state index >= 15 is 0 Å². The maximum Gasteiger partial charge on any atom is 0.181 e. The van der Waals surface area contributed by atoms with Crippen LogP contribution in [-0.4, -0.2) is 38.4 Å². The van der Waals surface area contributed by atoms with E-state index in [1.165, 1.54) is 13.8 Å². The van der Waals surface area contributed by atoms with Gasteiger partial charge in [0, 0.05) is 0 Å². The molecule has 0 rings (SSSR count). The van der Waals surface area contributed by atoms with Gasteiger partial charge < -0.3 is 5.73 Å². The molecule has 0 saturated heterocycles. The molecule has 0 bridgehead atoms. The molecule has 1 atom stereocenters. The maximum absolute atomic E-state index is 8.79. The minimum absolute atomic E-state index is 0. The monoisotopic (exact) mass is 294 g/mol. The second kappa shape index (κ2) is 7.37. The Morgan fingerprint density at radius 2 is 1.68 bits per heavy atom. The SMILES string of the molecule is CCCC(C)(N=NC(C)(C)C(=N)N(O)O)C(=N)N.Cl. The lowest BCUT2D eigenvalue weighted by Crippen LogP contribution is -2.42. The van der Waals surface area contributed by atoms with Crippen molar-refractivity contribution in [1.29, 1.82) is 10.8 Å². The summed E-state index contributed by atoms with van der Waals surface area (Å²) < 4.78 is 0. The summed E-state index contributed by atoms with van der Waals surface area (Å²) in [5.74, 6) is -0.631. The Labute approximate surface area is 119 Å². The standard InChI is InChI=1S/C10H22N6O2.ClH/c1-5-6-10(4,7(11)12)15-14-9(2,3)8(13)16(17)18;/h13,17-18H,5-6H2,1-4H3,(H3,11,12);1H. The number of hydrogen-bond donors (Lipinski definition) is 5. The number of hydrogen-bond acceptors (Lipinski definition) is 6. The van der Waals surface area contributed by atoms with Gasteiger partial charge in [0.25, 0.3) is 0 Å². The lowest BCUT2D eigenvalue weighted by Gasteiger charge is -2.26. The van der Waals surface area contributed by atoms with Crippen molar-refractivity contribution in [3.05, 3.63) is 0 Å². The van der Waals surface area contributed by atoms with Crippen LogP contribution in [-0.2, 0) is 0 Å². The van der Waals surface area contributed by atoms with E-state index in [9.17, 15) is 0 Å². The lowest BCUT2D eigenvalue weighted by atomic mass is 9.96. The summed E-state index contributed by atoms with van der Waals surface area (Å²) in [5.41, 5.74) is 3.35. The largest absolute Gasteiger partial charge is 0.386 e. The van der Waals surface area contributed by atoms with Crippen LogP contribution in [0.4, 0.5) is 0 Å². The number of azo groups is 1. The molecule has 6 N–H and O–H groups in total. The van der Waals surface area contributed by atoms with Gasteiger partial charge in [-0.3, -0.25) is 21.2 Å². The topological polar surface area (TPSA) is 142 Å². The van der Waals surface area contributed by atoms with E-state index in [0.717, 1.165) is 6.42 Å².